The summed E-state index contributed by atoms with van der Waals surface area (Å²) in [6.07, 6.45) is 0.791. The van der Waals surface area contributed by atoms with E-state index in [9.17, 15) is 4.79 Å². The van der Waals surface area contributed by atoms with Crippen molar-refractivity contribution in [3.8, 4) is 22.8 Å². The van der Waals surface area contributed by atoms with Gasteiger partial charge in [-0.15, -0.1) is 0 Å². The van der Waals surface area contributed by atoms with E-state index < -0.39 is 5.97 Å². The molecule has 0 saturated carbocycles. The summed E-state index contributed by atoms with van der Waals surface area (Å²) in [4.78, 5) is 10.6. The number of carboxylic acid groups (broad SMARTS) is 1. The highest BCUT2D eigenvalue weighted by atomic mass is 16.5. The number of rotatable bonds is 8. The molecule has 0 fully saturated rings. The fourth-order valence-electron chi connectivity index (χ4n) is 2.45. The number of nitrogens with zero attached hydrogens (tertiary/aromatic N) is 1. The van der Waals surface area contributed by atoms with Crippen molar-refractivity contribution >= 4 is 16.9 Å². The van der Waals surface area contributed by atoms with E-state index in [1.807, 2.05) is 24.3 Å². The molecule has 1 aromatic heterocycles. The van der Waals surface area contributed by atoms with Crippen molar-refractivity contribution in [2.75, 3.05) is 19.8 Å². The van der Waals surface area contributed by atoms with Gasteiger partial charge in [-0.2, -0.15) is 5.10 Å². The molecule has 0 bridgehead atoms. The number of nitrogens with two attached hydrogens (primary N) is 1. The Morgan fingerprint density at radius 3 is 2.80 bits per heavy atom. The van der Waals surface area contributed by atoms with Crippen molar-refractivity contribution in [3.63, 3.8) is 0 Å². The number of fused-ring (bicyclic) bond motifs is 1. The maximum atomic E-state index is 10.6. The predicted octanol–water partition coefficient (Wildman–Crippen LogP) is 2.42. The van der Waals surface area contributed by atoms with E-state index in [1.54, 1.807) is 18.2 Å². The first-order chi connectivity index (χ1) is 12.2. The number of aromatic amines is 1. The van der Waals surface area contributed by atoms with Crippen LogP contribution < -0.4 is 15.2 Å². The van der Waals surface area contributed by atoms with Crippen molar-refractivity contribution in [1.29, 1.82) is 0 Å². The Bertz CT molecular complexity index is 876. The molecule has 3 rings (SSSR count). The van der Waals surface area contributed by atoms with Crippen LogP contribution in [0.25, 0.3) is 22.2 Å². The van der Waals surface area contributed by atoms with Crippen LogP contribution in [-0.4, -0.2) is 41.0 Å². The summed E-state index contributed by atoms with van der Waals surface area (Å²) in [5.41, 5.74) is 7.94. The van der Waals surface area contributed by atoms with Crippen molar-refractivity contribution in [3.05, 3.63) is 42.5 Å². The van der Waals surface area contributed by atoms with Crippen LogP contribution in [0, 0.1) is 0 Å². The minimum Gasteiger partial charge on any atom is -0.494 e. The average molecular weight is 341 g/mol. The minimum atomic E-state index is -1.02. The monoisotopic (exact) mass is 341 g/mol. The third kappa shape index (κ3) is 4.07. The fourth-order valence-corrected chi connectivity index (χ4v) is 2.45. The second kappa shape index (κ2) is 7.67. The number of aromatic nitrogens is 2. The SMILES string of the molecule is NCCCOc1ccc2[nH]nc(-c3cccc(OCC(=O)O)c3)c2c1. The molecule has 0 aliphatic heterocycles. The number of hydrogen-bond acceptors (Lipinski definition) is 5. The molecule has 4 N–H and O–H groups in total. The maximum Gasteiger partial charge on any atom is 0.341 e. The minimum absolute atomic E-state index is 0.385. The van der Waals surface area contributed by atoms with Gasteiger partial charge in [0.2, 0.25) is 0 Å². The number of hydrogen-bond donors (Lipinski definition) is 3. The lowest BCUT2D eigenvalue weighted by atomic mass is 10.1. The van der Waals surface area contributed by atoms with Crippen molar-refractivity contribution in [1.82, 2.24) is 10.2 Å². The van der Waals surface area contributed by atoms with Gasteiger partial charge in [0, 0.05) is 10.9 Å². The molecular weight excluding hydrogens is 322 g/mol. The molecule has 0 aliphatic carbocycles. The Labute approximate surface area is 144 Å². The molecule has 3 aromatic rings. The second-order valence-electron chi connectivity index (χ2n) is 5.48. The Kier molecular flexibility index (Phi) is 5.15. The first-order valence-corrected chi connectivity index (χ1v) is 7.93. The first-order valence-electron chi connectivity index (χ1n) is 7.93. The summed E-state index contributed by atoms with van der Waals surface area (Å²) >= 11 is 0. The number of aliphatic carboxylic acids is 1. The Balaban J connectivity index is 1.88. The van der Waals surface area contributed by atoms with E-state index in [4.69, 9.17) is 20.3 Å². The molecule has 0 aliphatic rings. The van der Waals surface area contributed by atoms with Gasteiger partial charge in [0.05, 0.1) is 12.1 Å². The van der Waals surface area contributed by atoms with Gasteiger partial charge >= 0.3 is 5.97 Å². The number of carbonyl (C=O) groups is 1. The van der Waals surface area contributed by atoms with E-state index in [2.05, 4.69) is 10.2 Å². The lowest BCUT2D eigenvalue weighted by Gasteiger charge is -2.07. The van der Waals surface area contributed by atoms with E-state index in [0.717, 1.165) is 34.3 Å². The van der Waals surface area contributed by atoms with Gasteiger partial charge in [-0.3, -0.25) is 5.10 Å². The summed E-state index contributed by atoms with van der Waals surface area (Å²) in [6.45, 7) is 0.764. The van der Waals surface area contributed by atoms with E-state index in [1.165, 1.54) is 0 Å². The average Bonchev–Trinajstić information content (AvgIpc) is 3.04. The quantitative estimate of drug-likeness (QED) is 0.543. The zero-order valence-electron chi connectivity index (χ0n) is 13.6. The molecule has 0 saturated heterocycles. The van der Waals surface area contributed by atoms with Gasteiger partial charge in [0.25, 0.3) is 0 Å². The van der Waals surface area contributed by atoms with Gasteiger partial charge in [-0.1, -0.05) is 12.1 Å². The highest BCUT2D eigenvalue weighted by molar-refractivity contribution is 5.93. The van der Waals surface area contributed by atoms with Gasteiger partial charge in [-0.05, 0) is 43.3 Å². The van der Waals surface area contributed by atoms with Gasteiger partial charge in [0.15, 0.2) is 6.61 Å². The van der Waals surface area contributed by atoms with E-state index >= 15 is 0 Å². The molecule has 25 heavy (non-hydrogen) atoms. The van der Waals surface area contributed by atoms with Crippen molar-refractivity contribution < 1.29 is 19.4 Å². The Morgan fingerprint density at radius 2 is 2.00 bits per heavy atom. The molecule has 0 amide bonds. The lowest BCUT2D eigenvalue weighted by Crippen LogP contribution is -2.09. The molecule has 0 unspecified atom stereocenters. The lowest BCUT2D eigenvalue weighted by molar-refractivity contribution is -0.139. The van der Waals surface area contributed by atoms with Crippen molar-refractivity contribution in [2.24, 2.45) is 5.73 Å². The van der Waals surface area contributed by atoms with Gasteiger partial charge < -0.3 is 20.3 Å². The molecule has 130 valence electrons. The van der Waals surface area contributed by atoms with Gasteiger partial charge in [-0.25, -0.2) is 4.79 Å². The van der Waals surface area contributed by atoms with Crippen LogP contribution in [-0.2, 0) is 4.79 Å². The predicted molar refractivity (Wildman–Crippen MR) is 93.8 cm³/mol. The molecular formula is C18H19N3O4. The number of nitrogens with one attached hydrogen (secondary N) is 1. The summed E-state index contributed by atoms with van der Waals surface area (Å²) in [5.74, 6) is 0.211. The maximum absolute atomic E-state index is 10.6. The molecule has 2 aromatic carbocycles. The highest BCUT2D eigenvalue weighted by Gasteiger charge is 2.11. The zero-order chi connectivity index (χ0) is 17.6. The third-order valence-corrected chi connectivity index (χ3v) is 3.62. The van der Waals surface area contributed by atoms with Crippen LogP contribution in [0.3, 0.4) is 0 Å². The van der Waals surface area contributed by atoms with Crippen molar-refractivity contribution in [2.45, 2.75) is 6.42 Å². The molecule has 7 nitrogen and oxygen atoms in total. The summed E-state index contributed by atoms with van der Waals surface area (Å²) in [7, 11) is 0. The number of ether oxygens (including phenoxy) is 2. The van der Waals surface area contributed by atoms with E-state index in [0.29, 0.717) is 18.9 Å². The standard InChI is InChI=1S/C18H19N3O4/c19-7-2-8-24-14-5-6-16-15(10-14)18(21-20-16)12-3-1-4-13(9-12)25-11-17(22)23/h1,3-6,9-10H,2,7-8,11,19H2,(H,20,21)(H,22,23). The largest absolute Gasteiger partial charge is 0.494 e. The topological polar surface area (TPSA) is 110 Å². The molecule has 1 heterocycles. The Morgan fingerprint density at radius 1 is 1.16 bits per heavy atom. The van der Waals surface area contributed by atoms with Crippen LogP contribution >= 0.6 is 0 Å². The third-order valence-electron chi connectivity index (χ3n) is 3.62. The highest BCUT2D eigenvalue weighted by Crippen LogP contribution is 2.31. The van der Waals surface area contributed by atoms with Gasteiger partial charge in [0.1, 0.15) is 17.2 Å². The molecule has 0 atom stereocenters. The second-order valence-corrected chi connectivity index (χ2v) is 5.48. The molecule has 7 heteroatoms. The van der Waals surface area contributed by atoms with E-state index in [-0.39, 0.29) is 6.61 Å². The molecule has 0 radical (unpaired) electrons. The van der Waals surface area contributed by atoms with Crippen LogP contribution in [0.5, 0.6) is 11.5 Å². The number of benzene rings is 2. The summed E-state index contributed by atoms with van der Waals surface area (Å²) in [5, 5.41) is 17.0. The summed E-state index contributed by atoms with van der Waals surface area (Å²) < 4.78 is 10.9. The fraction of sp³-hybridized carbons (Fsp3) is 0.222. The van der Waals surface area contributed by atoms with Crippen LogP contribution in [0.4, 0.5) is 0 Å². The zero-order valence-corrected chi connectivity index (χ0v) is 13.6. The first kappa shape index (κ1) is 16.8. The Hall–Kier alpha value is -3.06. The molecule has 0 spiro atoms. The van der Waals surface area contributed by atoms with Crippen LogP contribution in [0.1, 0.15) is 6.42 Å². The summed E-state index contributed by atoms with van der Waals surface area (Å²) in [6, 6.07) is 12.9. The number of H-pyrrole nitrogens is 1. The van der Waals surface area contributed by atoms with Crippen LogP contribution in [0.2, 0.25) is 0 Å². The van der Waals surface area contributed by atoms with Crippen LogP contribution in [0.15, 0.2) is 42.5 Å². The smallest absolute Gasteiger partial charge is 0.341 e. The normalized spacial score (nSPS) is 10.8. The number of carboxylic acids is 1.